The number of fused-ring (bicyclic) bond motifs is 4. The highest BCUT2D eigenvalue weighted by molar-refractivity contribution is 5.93. The molecule has 2 aromatic heterocycles. The number of nitrogens with one attached hydrogen (secondary N) is 2. The fourth-order valence-corrected chi connectivity index (χ4v) is 6.69. The van der Waals surface area contributed by atoms with Crippen molar-refractivity contribution < 1.29 is 4.79 Å². The number of rotatable bonds is 4. The molecule has 0 bridgehead atoms. The van der Waals surface area contributed by atoms with Gasteiger partial charge in [-0.05, 0) is 45.7 Å². The van der Waals surface area contributed by atoms with Crippen LogP contribution in [0.3, 0.4) is 0 Å². The summed E-state index contributed by atoms with van der Waals surface area (Å²) in [5.41, 5.74) is 2.01. The van der Waals surface area contributed by atoms with Crippen LogP contribution in [0.2, 0.25) is 0 Å². The minimum Gasteiger partial charge on any atom is -0.367 e. The average Bonchev–Trinajstić information content (AvgIpc) is 2.91. The van der Waals surface area contributed by atoms with E-state index >= 15 is 0 Å². The van der Waals surface area contributed by atoms with Gasteiger partial charge in [0.2, 0.25) is 11.9 Å². The minimum atomic E-state index is -0.321. The number of carbonyl (C=O) groups is 1. The standard InChI is InChI=1S/C28H38N8O/c1-19(2)35-14-13-34(17-20(35)3)22-8-10-24(29-16-22)32-27-30-15-21-7-9-23-26(37)31-18-28(11-5-4-6-12-28)36(23)25(21)33-27/h7-10,15-16,19-20,23H,4-6,11-14,17-18H2,1-3H3,(H,31,37)(H,29,30,32,33)/t20-,23?/m1/s1. The van der Waals surface area contributed by atoms with Gasteiger partial charge in [-0.15, -0.1) is 0 Å². The summed E-state index contributed by atoms with van der Waals surface area (Å²) in [4.78, 5) is 34.2. The van der Waals surface area contributed by atoms with Gasteiger partial charge in [0.15, 0.2) is 0 Å². The Bertz CT molecular complexity index is 1170. The van der Waals surface area contributed by atoms with Crippen molar-refractivity contribution in [2.75, 3.05) is 41.3 Å². The van der Waals surface area contributed by atoms with Gasteiger partial charge < -0.3 is 20.4 Å². The first-order valence-corrected chi connectivity index (χ1v) is 13.8. The van der Waals surface area contributed by atoms with Crippen LogP contribution in [0.4, 0.5) is 23.3 Å². The zero-order valence-electron chi connectivity index (χ0n) is 22.2. The molecule has 3 aliphatic heterocycles. The lowest BCUT2D eigenvalue weighted by molar-refractivity contribution is -0.123. The molecule has 1 aliphatic carbocycles. The second kappa shape index (κ2) is 9.59. The summed E-state index contributed by atoms with van der Waals surface area (Å²) in [6, 6.07) is 4.88. The van der Waals surface area contributed by atoms with Crippen molar-refractivity contribution in [3.63, 3.8) is 0 Å². The summed E-state index contributed by atoms with van der Waals surface area (Å²) in [5.74, 6) is 2.11. The molecule has 1 unspecified atom stereocenters. The van der Waals surface area contributed by atoms with E-state index < -0.39 is 0 Å². The van der Waals surface area contributed by atoms with E-state index in [-0.39, 0.29) is 17.5 Å². The highest BCUT2D eigenvalue weighted by Gasteiger charge is 2.49. The summed E-state index contributed by atoms with van der Waals surface area (Å²) in [5, 5.41) is 6.46. The molecule has 2 aromatic rings. The number of piperazine rings is 2. The number of nitrogens with zero attached hydrogens (tertiary/aromatic N) is 6. The van der Waals surface area contributed by atoms with Crippen molar-refractivity contribution in [3.8, 4) is 0 Å². The monoisotopic (exact) mass is 502 g/mol. The lowest BCUT2D eigenvalue weighted by Crippen LogP contribution is -2.69. The molecule has 1 spiro atoms. The summed E-state index contributed by atoms with van der Waals surface area (Å²) in [6.07, 6.45) is 13.5. The van der Waals surface area contributed by atoms with E-state index in [1.807, 2.05) is 30.6 Å². The molecule has 2 atom stereocenters. The third-order valence-corrected chi connectivity index (χ3v) is 8.61. The van der Waals surface area contributed by atoms with Crippen molar-refractivity contribution in [2.45, 2.75) is 76.5 Å². The molecule has 1 amide bonds. The Morgan fingerprint density at radius 2 is 1.95 bits per heavy atom. The van der Waals surface area contributed by atoms with Crippen LogP contribution in [0.5, 0.6) is 0 Å². The minimum absolute atomic E-state index is 0.0482. The lowest BCUT2D eigenvalue weighted by atomic mass is 9.77. The molecule has 2 saturated heterocycles. The normalized spacial score (nSPS) is 25.1. The Kier molecular flexibility index (Phi) is 6.26. The predicted octanol–water partition coefficient (Wildman–Crippen LogP) is 3.57. The molecule has 9 heteroatoms. The maximum Gasteiger partial charge on any atom is 0.246 e. The third-order valence-electron chi connectivity index (χ3n) is 8.61. The Labute approximate surface area is 219 Å². The van der Waals surface area contributed by atoms with Crippen LogP contribution in [0.15, 0.2) is 30.6 Å². The highest BCUT2D eigenvalue weighted by Crippen LogP contribution is 2.42. The van der Waals surface area contributed by atoms with Crippen molar-refractivity contribution >= 4 is 35.3 Å². The maximum atomic E-state index is 12.8. The van der Waals surface area contributed by atoms with Gasteiger partial charge in [0.25, 0.3) is 0 Å². The Morgan fingerprint density at radius 3 is 2.68 bits per heavy atom. The van der Waals surface area contributed by atoms with Gasteiger partial charge in [-0.2, -0.15) is 4.98 Å². The lowest BCUT2D eigenvalue weighted by Gasteiger charge is -2.54. The molecule has 37 heavy (non-hydrogen) atoms. The summed E-state index contributed by atoms with van der Waals surface area (Å²) < 4.78 is 0. The SMILES string of the molecule is CC(C)N1CCN(c2ccc(Nc3ncc4c(n3)N3C(C=C4)C(=O)NCC34CCCCC4)nc2)C[C@H]1C. The molecule has 0 radical (unpaired) electrons. The van der Waals surface area contributed by atoms with E-state index in [2.05, 4.69) is 62.1 Å². The van der Waals surface area contributed by atoms with Crippen LogP contribution in [0.25, 0.3) is 6.08 Å². The van der Waals surface area contributed by atoms with E-state index in [1.54, 1.807) is 0 Å². The fraction of sp³-hybridized carbons (Fsp3) is 0.571. The molecule has 0 aromatic carbocycles. The zero-order chi connectivity index (χ0) is 25.6. The van der Waals surface area contributed by atoms with Gasteiger partial charge in [0, 0.05) is 50.0 Å². The second-order valence-electron chi connectivity index (χ2n) is 11.3. The first kappa shape index (κ1) is 24.2. The quantitative estimate of drug-likeness (QED) is 0.656. The third kappa shape index (κ3) is 4.43. The highest BCUT2D eigenvalue weighted by atomic mass is 16.2. The number of carbonyl (C=O) groups excluding carboxylic acids is 1. The zero-order valence-corrected chi connectivity index (χ0v) is 22.2. The summed E-state index contributed by atoms with van der Waals surface area (Å²) >= 11 is 0. The number of amides is 1. The molecule has 5 heterocycles. The van der Waals surface area contributed by atoms with Crippen molar-refractivity contribution in [3.05, 3.63) is 36.2 Å². The Morgan fingerprint density at radius 1 is 1.11 bits per heavy atom. The molecule has 9 nitrogen and oxygen atoms in total. The molecule has 4 aliphatic rings. The average molecular weight is 503 g/mol. The number of pyridine rings is 1. The van der Waals surface area contributed by atoms with E-state index in [0.717, 1.165) is 49.5 Å². The van der Waals surface area contributed by atoms with Crippen LogP contribution in [0, 0.1) is 0 Å². The van der Waals surface area contributed by atoms with Crippen molar-refractivity contribution in [1.29, 1.82) is 0 Å². The predicted molar refractivity (Wildman–Crippen MR) is 147 cm³/mol. The maximum absolute atomic E-state index is 12.8. The summed E-state index contributed by atoms with van der Waals surface area (Å²) in [6.45, 7) is 10.6. The largest absolute Gasteiger partial charge is 0.367 e. The number of hydrogen-bond acceptors (Lipinski definition) is 8. The van der Waals surface area contributed by atoms with E-state index in [1.165, 1.54) is 19.3 Å². The smallest absolute Gasteiger partial charge is 0.246 e. The van der Waals surface area contributed by atoms with Gasteiger partial charge in [-0.3, -0.25) is 9.69 Å². The van der Waals surface area contributed by atoms with E-state index in [9.17, 15) is 4.79 Å². The first-order chi connectivity index (χ1) is 17.9. The van der Waals surface area contributed by atoms with Gasteiger partial charge in [0.1, 0.15) is 17.7 Å². The van der Waals surface area contributed by atoms with Crippen LogP contribution in [0.1, 0.15) is 58.4 Å². The number of hydrogen-bond donors (Lipinski definition) is 2. The molecule has 3 fully saturated rings. The fourth-order valence-electron chi connectivity index (χ4n) is 6.69. The number of anilines is 4. The molecule has 6 rings (SSSR count). The molecule has 196 valence electrons. The Balaban J connectivity index is 1.21. The molecule has 2 N–H and O–H groups in total. The molecular weight excluding hydrogens is 464 g/mol. The van der Waals surface area contributed by atoms with Gasteiger partial charge >= 0.3 is 0 Å². The Hall–Kier alpha value is -3.20. The van der Waals surface area contributed by atoms with Crippen LogP contribution in [-0.2, 0) is 4.79 Å². The second-order valence-corrected chi connectivity index (χ2v) is 11.3. The van der Waals surface area contributed by atoms with Crippen LogP contribution < -0.4 is 20.4 Å². The topological polar surface area (TPSA) is 89.5 Å². The molecular formula is C28H38N8O. The van der Waals surface area contributed by atoms with Gasteiger partial charge in [-0.25, -0.2) is 9.97 Å². The van der Waals surface area contributed by atoms with Gasteiger partial charge in [-0.1, -0.05) is 31.4 Å². The van der Waals surface area contributed by atoms with Crippen LogP contribution in [-0.4, -0.2) is 75.6 Å². The van der Waals surface area contributed by atoms with Crippen molar-refractivity contribution in [2.24, 2.45) is 0 Å². The molecule has 1 saturated carbocycles. The van der Waals surface area contributed by atoms with Crippen LogP contribution >= 0.6 is 0 Å². The van der Waals surface area contributed by atoms with Gasteiger partial charge in [0.05, 0.1) is 17.4 Å². The summed E-state index contributed by atoms with van der Waals surface area (Å²) in [7, 11) is 0. The van der Waals surface area contributed by atoms with E-state index in [0.29, 0.717) is 30.4 Å². The van der Waals surface area contributed by atoms with E-state index in [4.69, 9.17) is 4.98 Å². The first-order valence-electron chi connectivity index (χ1n) is 13.8. The number of aromatic nitrogens is 3. The van der Waals surface area contributed by atoms with Crippen molar-refractivity contribution in [1.82, 2.24) is 25.2 Å².